The molecule has 1 aromatic heterocycles. The minimum absolute atomic E-state index is 0.0669. The molecule has 8 heteroatoms. The van der Waals surface area contributed by atoms with Crippen LogP contribution in [0.4, 0.5) is 14.5 Å². The van der Waals surface area contributed by atoms with E-state index in [1.165, 1.54) is 10.7 Å². The molecule has 2 aliphatic rings. The standard InChI is InChI=1S/C21H24F2N4O2/c1-3-6-17-21(14-7-4-5-8-15(14)24-20(21)29)9-10-26(17)18(28)12-27-13(2)11-16(25-27)19(22)23/h4-5,7-8,11,17,19H,3,6,9-10,12H2,1-2H3,(H,24,29)/t17-,21+/m0/s1. The number of para-hydroxylation sites is 1. The number of hydrogen-bond donors (Lipinski definition) is 1. The Morgan fingerprint density at radius 1 is 1.38 bits per heavy atom. The van der Waals surface area contributed by atoms with E-state index in [-0.39, 0.29) is 30.1 Å². The molecule has 2 aliphatic heterocycles. The van der Waals surface area contributed by atoms with Gasteiger partial charge >= 0.3 is 0 Å². The van der Waals surface area contributed by atoms with Crippen molar-refractivity contribution < 1.29 is 18.4 Å². The van der Waals surface area contributed by atoms with Crippen molar-refractivity contribution in [3.05, 3.63) is 47.3 Å². The van der Waals surface area contributed by atoms with Crippen LogP contribution < -0.4 is 5.32 Å². The lowest BCUT2D eigenvalue weighted by Crippen LogP contribution is -2.49. The first-order chi connectivity index (χ1) is 13.9. The molecule has 154 valence electrons. The molecule has 0 radical (unpaired) electrons. The van der Waals surface area contributed by atoms with E-state index in [4.69, 9.17) is 0 Å². The molecular formula is C21H24F2N4O2. The molecule has 2 atom stereocenters. The van der Waals surface area contributed by atoms with Gasteiger partial charge in [-0.15, -0.1) is 0 Å². The van der Waals surface area contributed by atoms with Crippen LogP contribution in [0.25, 0.3) is 0 Å². The highest BCUT2D eigenvalue weighted by Crippen LogP contribution is 2.49. The molecule has 1 saturated heterocycles. The van der Waals surface area contributed by atoms with Crippen LogP contribution in [0.1, 0.15) is 49.6 Å². The van der Waals surface area contributed by atoms with Gasteiger partial charge in [0.05, 0.1) is 11.5 Å². The molecule has 0 bridgehead atoms. The number of alkyl halides is 2. The van der Waals surface area contributed by atoms with Crippen LogP contribution in [0.5, 0.6) is 0 Å². The number of rotatable bonds is 5. The van der Waals surface area contributed by atoms with E-state index in [1.807, 2.05) is 31.2 Å². The molecule has 0 unspecified atom stereocenters. The Morgan fingerprint density at radius 3 is 2.83 bits per heavy atom. The highest BCUT2D eigenvalue weighted by atomic mass is 19.3. The first-order valence-corrected chi connectivity index (χ1v) is 9.91. The van der Waals surface area contributed by atoms with Crippen molar-refractivity contribution in [3.8, 4) is 0 Å². The van der Waals surface area contributed by atoms with E-state index < -0.39 is 11.8 Å². The molecule has 1 spiro atoms. The lowest BCUT2D eigenvalue weighted by molar-refractivity contribution is -0.134. The number of halogens is 2. The summed E-state index contributed by atoms with van der Waals surface area (Å²) in [6.45, 7) is 4.02. The highest BCUT2D eigenvalue weighted by Gasteiger charge is 2.58. The number of nitrogens with one attached hydrogen (secondary N) is 1. The molecule has 0 saturated carbocycles. The van der Waals surface area contributed by atoms with Crippen LogP contribution in [0.3, 0.4) is 0 Å². The zero-order chi connectivity index (χ0) is 20.8. The van der Waals surface area contributed by atoms with Gasteiger partial charge in [0, 0.05) is 17.9 Å². The molecule has 29 heavy (non-hydrogen) atoms. The number of aryl methyl sites for hydroxylation is 1. The lowest BCUT2D eigenvalue weighted by atomic mass is 9.73. The third-order valence-corrected chi connectivity index (χ3v) is 6.14. The summed E-state index contributed by atoms with van der Waals surface area (Å²) >= 11 is 0. The second kappa shape index (κ2) is 7.24. The predicted molar refractivity (Wildman–Crippen MR) is 104 cm³/mol. The largest absolute Gasteiger partial charge is 0.337 e. The maximum atomic E-state index is 13.1. The Morgan fingerprint density at radius 2 is 2.14 bits per heavy atom. The van der Waals surface area contributed by atoms with E-state index >= 15 is 0 Å². The Kier molecular flexibility index (Phi) is 4.88. The summed E-state index contributed by atoms with van der Waals surface area (Å²) in [6, 6.07) is 8.66. The lowest BCUT2D eigenvalue weighted by Gasteiger charge is -2.34. The summed E-state index contributed by atoms with van der Waals surface area (Å²) in [4.78, 5) is 27.9. The van der Waals surface area contributed by atoms with Gasteiger partial charge in [-0.3, -0.25) is 14.3 Å². The summed E-state index contributed by atoms with van der Waals surface area (Å²) in [6.07, 6.45) is -0.616. The van der Waals surface area contributed by atoms with Gasteiger partial charge in [0.25, 0.3) is 6.43 Å². The summed E-state index contributed by atoms with van der Waals surface area (Å²) in [7, 11) is 0. The zero-order valence-electron chi connectivity index (χ0n) is 16.5. The molecular weight excluding hydrogens is 378 g/mol. The van der Waals surface area contributed by atoms with Gasteiger partial charge in [-0.1, -0.05) is 31.5 Å². The number of fused-ring (bicyclic) bond motifs is 2. The summed E-state index contributed by atoms with van der Waals surface area (Å²) < 4.78 is 27.2. The SMILES string of the molecule is CCC[C@@H]1N(C(=O)Cn2nc(C(F)F)cc2C)CC[C@]12C(=O)Nc1ccccc12. The van der Waals surface area contributed by atoms with Crippen molar-refractivity contribution in [1.82, 2.24) is 14.7 Å². The topological polar surface area (TPSA) is 67.2 Å². The molecule has 0 aliphatic carbocycles. The van der Waals surface area contributed by atoms with Crippen LogP contribution in [0, 0.1) is 6.92 Å². The second-order valence-corrected chi connectivity index (χ2v) is 7.78. The molecule has 6 nitrogen and oxygen atoms in total. The van der Waals surface area contributed by atoms with Gasteiger partial charge in [-0.25, -0.2) is 8.78 Å². The number of carbonyl (C=O) groups is 2. The van der Waals surface area contributed by atoms with Crippen molar-refractivity contribution in [2.45, 2.75) is 57.5 Å². The number of nitrogens with zero attached hydrogens (tertiary/aromatic N) is 3. The van der Waals surface area contributed by atoms with Crippen LogP contribution >= 0.6 is 0 Å². The molecule has 3 heterocycles. The quantitative estimate of drug-likeness (QED) is 0.833. The summed E-state index contributed by atoms with van der Waals surface area (Å²) in [5.41, 5.74) is 1.17. The van der Waals surface area contributed by atoms with Gasteiger partial charge in [0.1, 0.15) is 12.2 Å². The summed E-state index contributed by atoms with van der Waals surface area (Å²) in [5.74, 6) is -0.271. The molecule has 2 aromatic rings. The number of amides is 2. The Hall–Kier alpha value is -2.77. The van der Waals surface area contributed by atoms with Crippen molar-refractivity contribution in [2.24, 2.45) is 0 Å². The maximum absolute atomic E-state index is 13.1. The van der Waals surface area contributed by atoms with Crippen molar-refractivity contribution in [2.75, 3.05) is 11.9 Å². The molecule has 1 N–H and O–H groups in total. The van der Waals surface area contributed by atoms with Crippen molar-refractivity contribution in [3.63, 3.8) is 0 Å². The summed E-state index contributed by atoms with van der Waals surface area (Å²) in [5, 5.41) is 6.85. The maximum Gasteiger partial charge on any atom is 0.282 e. The van der Waals surface area contributed by atoms with E-state index in [0.29, 0.717) is 25.1 Å². The molecule has 1 fully saturated rings. The van der Waals surface area contributed by atoms with Crippen LogP contribution in [0.2, 0.25) is 0 Å². The van der Waals surface area contributed by atoms with Crippen LogP contribution in [-0.4, -0.2) is 39.1 Å². The highest BCUT2D eigenvalue weighted by molar-refractivity contribution is 6.07. The minimum atomic E-state index is -2.67. The van der Waals surface area contributed by atoms with E-state index in [9.17, 15) is 18.4 Å². The van der Waals surface area contributed by atoms with Crippen LogP contribution in [-0.2, 0) is 21.5 Å². The predicted octanol–water partition coefficient (Wildman–Crippen LogP) is 3.42. The van der Waals surface area contributed by atoms with Crippen molar-refractivity contribution in [1.29, 1.82) is 0 Å². The van der Waals surface area contributed by atoms with Gasteiger partial charge in [0.15, 0.2) is 0 Å². The Bertz CT molecular complexity index is 958. The fourth-order valence-electron chi connectivity index (χ4n) is 4.80. The fourth-order valence-corrected chi connectivity index (χ4v) is 4.80. The van der Waals surface area contributed by atoms with E-state index in [1.54, 1.807) is 11.8 Å². The zero-order valence-corrected chi connectivity index (χ0v) is 16.5. The number of anilines is 1. The number of benzene rings is 1. The monoisotopic (exact) mass is 402 g/mol. The molecule has 2 amide bonds. The number of hydrogen-bond acceptors (Lipinski definition) is 3. The minimum Gasteiger partial charge on any atom is -0.337 e. The number of aromatic nitrogens is 2. The number of carbonyl (C=O) groups excluding carboxylic acids is 2. The Balaban J connectivity index is 1.64. The van der Waals surface area contributed by atoms with Crippen LogP contribution in [0.15, 0.2) is 30.3 Å². The normalized spacial score (nSPS) is 23.1. The smallest absolute Gasteiger partial charge is 0.282 e. The van der Waals surface area contributed by atoms with E-state index in [0.717, 1.165) is 17.7 Å². The van der Waals surface area contributed by atoms with Gasteiger partial charge in [-0.05, 0) is 37.5 Å². The molecule has 1 aromatic carbocycles. The third-order valence-electron chi connectivity index (χ3n) is 6.14. The number of likely N-dealkylation sites (tertiary alicyclic amines) is 1. The van der Waals surface area contributed by atoms with Gasteiger partial charge in [0.2, 0.25) is 11.8 Å². The first kappa shape index (κ1) is 19.5. The van der Waals surface area contributed by atoms with Gasteiger partial charge < -0.3 is 10.2 Å². The van der Waals surface area contributed by atoms with Gasteiger partial charge in [-0.2, -0.15) is 5.10 Å². The third kappa shape index (κ3) is 3.01. The average Bonchev–Trinajstić information content (AvgIpc) is 3.33. The molecule has 4 rings (SSSR count). The average molecular weight is 402 g/mol. The van der Waals surface area contributed by atoms with E-state index in [2.05, 4.69) is 10.4 Å². The Labute approximate surface area is 167 Å². The van der Waals surface area contributed by atoms with Crippen molar-refractivity contribution >= 4 is 17.5 Å². The second-order valence-electron chi connectivity index (χ2n) is 7.78. The fraction of sp³-hybridized carbons (Fsp3) is 0.476. The first-order valence-electron chi connectivity index (χ1n) is 9.91.